The van der Waals surface area contributed by atoms with E-state index in [1.165, 1.54) is 12.8 Å². The number of halogens is 3. The molecule has 1 aliphatic heterocycles. The van der Waals surface area contributed by atoms with Crippen LogP contribution in [0.3, 0.4) is 0 Å². The van der Waals surface area contributed by atoms with Crippen molar-refractivity contribution in [3.8, 4) is 5.75 Å². The fourth-order valence-electron chi connectivity index (χ4n) is 3.13. The molecule has 0 aromatic heterocycles. The summed E-state index contributed by atoms with van der Waals surface area (Å²) in [4.78, 5) is 2.41. The molecular weight excluding hydrogens is 326 g/mol. The van der Waals surface area contributed by atoms with Crippen LogP contribution in [-0.2, 0) is 0 Å². The quantitative estimate of drug-likeness (QED) is 0.880. The van der Waals surface area contributed by atoms with E-state index >= 15 is 0 Å². The van der Waals surface area contributed by atoms with Crippen LogP contribution in [-0.4, -0.2) is 38.2 Å². The molecule has 1 aromatic carbocycles. The van der Waals surface area contributed by atoms with Gasteiger partial charge in [-0.1, -0.05) is 18.9 Å². The van der Waals surface area contributed by atoms with E-state index in [-0.39, 0.29) is 36.7 Å². The van der Waals surface area contributed by atoms with Crippen LogP contribution in [0.2, 0.25) is 0 Å². The number of hydrogen-bond acceptors (Lipinski definition) is 3. The lowest BCUT2D eigenvalue weighted by molar-refractivity contribution is 0.154. The minimum atomic E-state index is -0.131. The molecule has 0 spiro atoms. The first kappa shape index (κ1) is 19.5. The van der Waals surface area contributed by atoms with Crippen molar-refractivity contribution < 1.29 is 9.13 Å². The Labute approximate surface area is 144 Å². The van der Waals surface area contributed by atoms with E-state index in [4.69, 9.17) is 4.74 Å². The van der Waals surface area contributed by atoms with E-state index in [1.807, 2.05) is 6.07 Å². The van der Waals surface area contributed by atoms with Gasteiger partial charge >= 0.3 is 0 Å². The highest BCUT2D eigenvalue weighted by atomic mass is 35.5. The molecule has 1 N–H and O–H groups in total. The third-order valence-corrected chi connectivity index (χ3v) is 4.41. The first-order chi connectivity index (χ1) is 9.79. The minimum absolute atomic E-state index is 0. The van der Waals surface area contributed by atoms with Crippen LogP contribution in [0.5, 0.6) is 5.75 Å². The molecule has 2 fully saturated rings. The predicted octanol–water partition coefficient (Wildman–Crippen LogP) is 3.42. The zero-order valence-corrected chi connectivity index (χ0v) is 14.5. The number of benzene rings is 1. The molecule has 1 saturated heterocycles. The van der Waals surface area contributed by atoms with Crippen LogP contribution in [0.4, 0.5) is 4.39 Å². The van der Waals surface area contributed by atoms with Crippen LogP contribution < -0.4 is 10.1 Å². The SMILES string of the molecule is COc1cccc(F)c1[C@H](CC1CC1)N1CCNCC1.Cl.Cl. The highest BCUT2D eigenvalue weighted by Gasteiger charge is 2.33. The van der Waals surface area contributed by atoms with Crippen LogP contribution in [0, 0.1) is 11.7 Å². The second-order valence-electron chi connectivity index (χ2n) is 5.84. The standard InChI is InChI=1S/C16H23FN2O.2ClH/c1-20-15-4-2-3-13(17)16(15)14(11-12-5-6-12)19-9-7-18-8-10-19;;/h2-4,12,14,18H,5-11H2,1H3;2*1H/t14-;;/m0../s1. The van der Waals surface area contributed by atoms with Gasteiger partial charge in [0, 0.05) is 37.8 Å². The maximum absolute atomic E-state index is 14.4. The molecular formula is C16H25Cl2FN2O. The largest absolute Gasteiger partial charge is 0.496 e. The Balaban J connectivity index is 0.00000121. The van der Waals surface area contributed by atoms with Crippen molar-refractivity contribution in [2.75, 3.05) is 33.3 Å². The molecule has 1 heterocycles. The van der Waals surface area contributed by atoms with Crippen LogP contribution >= 0.6 is 24.8 Å². The number of rotatable bonds is 5. The molecule has 3 rings (SSSR count). The second-order valence-corrected chi connectivity index (χ2v) is 5.84. The minimum Gasteiger partial charge on any atom is -0.496 e. The maximum Gasteiger partial charge on any atom is 0.131 e. The van der Waals surface area contributed by atoms with Gasteiger partial charge in [0.1, 0.15) is 11.6 Å². The molecule has 0 radical (unpaired) electrons. The van der Waals surface area contributed by atoms with E-state index in [0.717, 1.165) is 44.1 Å². The van der Waals surface area contributed by atoms with E-state index in [0.29, 0.717) is 5.75 Å². The number of ether oxygens (including phenoxy) is 1. The fourth-order valence-corrected chi connectivity index (χ4v) is 3.13. The zero-order valence-electron chi connectivity index (χ0n) is 12.9. The summed E-state index contributed by atoms with van der Waals surface area (Å²) < 4.78 is 19.8. The number of hydrogen-bond donors (Lipinski definition) is 1. The molecule has 3 nitrogen and oxygen atoms in total. The van der Waals surface area contributed by atoms with Gasteiger partial charge in [0.05, 0.1) is 7.11 Å². The number of nitrogens with one attached hydrogen (secondary N) is 1. The number of nitrogens with zero attached hydrogens (tertiary/aromatic N) is 1. The first-order valence-electron chi connectivity index (χ1n) is 7.56. The average Bonchev–Trinajstić information content (AvgIpc) is 3.30. The Hall–Kier alpha value is -0.550. The van der Waals surface area contributed by atoms with E-state index in [1.54, 1.807) is 19.2 Å². The lowest BCUT2D eigenvalue weighted by atomic mass is 9.97. The van der Waals surface area contributed by atoms with Gasteiger partial charge in [-0.2, -0.15) is 0 Å². The zero-order chi connectivity index (χ0) is 13.9. The molecule has 1 saturated carbocycles. The molecule has 0 unspecified atom stereocenters. The van der Waals surface area contributed by atoms with Gasteiger partial charge in [-0.3, -0.25) is 4.90 Å². The van der Waals surface area contributed by atoms with Gasteiger partial charge in [-0.25, -0.2) is 4.39 Å². The third kappa shape index (κ3) is 4.48. The summed E-state index contributed by atoms with van der Waals surface area (Å²) in [5.41, 5.74) is 0.754. The van der Waals surface area contributed by atoms with Crippen molar-refractivity contribution in [1.82, 2.24) is 10.2 Å². The van der Waals surface area contributed by atoms with Gasteiger partial charge in [-0.15, -0.1) is 24.8 Å². The Morgan fingerprint density at radius 1 is 1.27 bits per heavy atom. The monoisotopic (exact) mass is 350 g/mol. The fraction of sp³-hybridized carbons (Fsp3) is 0.625. The molecule has 2 aliphatic rings. The van der Waals surface area contributed by atoms with Crippen molar-refractivity contribution in [2.45, 2.75) is 25.3 Å². The molecule has 6 heteroatoms. The van der Waals surface area contributed by atoms with Crippen LogP contribution in [0.15, 0.2) is 18.2 Å². The smallest absolute Gasteiger partial charge is 0.131 e. The van der Waals surface area contributed by atoms with Gasteiger partial charge in [0.15, 0.2) is 0 Å². The van der Waals surface area contributed by atoms with Gasteiger partial charge in [0.2, 0.25) is 0 Å². The molecule has 0 bridgehead atoms. The summed E-state index contributed by atoms with van der Waals surface area (Å²) in [6.45, 7) is 3.93. The first-order valence-corrected chi connectivity index (χ1v) is 7.56. The van der Waals surface area contributed by atoms with Crippen LogP contribution in [0.1, 0.15) is 30.9 Å². The van der Waals surface area contributed by atoms with Gasteiger partial charge in [-0.05, 0) is 24.5 Å². The lowest BCUT2D eigenvalue weighted by Crippen LogP contribution is -2.45. The third-order valence-electron chi connectivity index (χ3n) is 4.41. The Morgan fingerprint density at radius 3 is 2.55 bits per heavy atom. The number of methoxy groups -OCH3 is 1. The summed E-state index contributed by atoms with van der Waals surface area (Å²) in [5, 5.41) is 3.37. The topological polar surface area (TPSA) is 24.5 Å². The summed E-state index contributed by atoms with van der Waals surface area (Å²) in [6.07, 6.45) is 3.63. The summed E-state index contributed by atoms with van der Waals surface area (Å²) in [5.74, 6) is 1.32. The Morgan fingerprint density at radius 2 is 1.95 bits per heavy atom. The summed E-state index contributed by atoms with van der Waals surface area (Å²) >= 11 is 0. The molecule has 0 amide bonds. The predicted molar refractivity (Wildman–Crippen MR) is 92.0 cm³/mol. The second kappa shape index (κ2) is 8.92. The van der Waals surface area contributed by atoms with Gasteiger partial charge < -0.3 is 10.1 Å². The van der Waals surface area contributed by atoms with Crippen molar-refractivity contribution in [3.05, 3.63) is 29.6 Å². The van der Waals surface area contributed by atoms with Crippen LogP contribution in [0.25, 0.3) is 0 Å². The number of piperazine rings is 1. The van der Waals surface area contributed by atoms with Crippen molar-refractivity contribution >= 4 is 24.8 Å². The van der Waals surface area contributed by atoms with Crippen molar-refractivity contribution in [1.29, 1.82) is 0 Å². The molecule has 1 aromatic rings. The highest BCUT2D eigenvalue weighted by Crippen LogP contribution is 2.43. The summed E-state index contributed by atoms with van der Waals surface area (Å²) in [6, 6.07) is 5.31. The molecule has 126 valence electrons. The maximum atomic E-state index is 14.4. The highest BCUT2D eigenvalue weighted by molar-refractivity contribution is 5.85. The molecule has 1 atom stereocenters. The van der Waals surface area contributed by atoms with Gasteiger partial charge in [0.25, 0.3) is 0 Å². The molecule has 22 heavy (non-hydrogen) atoms. The van der Waals surface area contributed by atoms with Crippen molar-refractivity contribution in [3.63, 3.8) is 0 Å². The lowest BCUT2D eigenvalue weighted by Gasteiger charge is -2.36. The van der Waals surface area contributed by atoms with E-state index < -0.39 is 0 Å². The summed E-state index contributed by atoms with van der Waals surface area (Å²) in [7, 11) is 1.63. The van der Waals surface area contributed by atoms with Crippen molar-refractivity contribution in [2.24, 2.45) is 5.92 Å². The Kier molecular flexibility index (Phi) is 7.90. The normalized spacial score (nSPS) is 19.7. The van der Waals surface area contributed by atoms with E-state index in [2.05, 4.69) is 10.2 Å². The van der Waals surface area contributed by atoms with E-state index in [9.17, 15) is 4.39 Å². The molecule has 1 aliphatic carbocycles. The average molecular weight is 351 g/mol. The Bertz CT molecular complexity index is 465.